The van der Waals surface area contributed by atoms with Crippen molar-refractivity contribution in [1.29, 1.82) is 0 Å². The normalized spacial score (nSPS) is 12.6. The Balaban J connectivity index is 3.16. The number of carbonyl (C=O) groups is 1. The van der Waals surface area contributed by atoms with Crippen molar-refractivity contribution in [3.8, 4) is 5.88 Å². The van der Waals surface area contributed by atoms with Crippen LogP contribution in [-0.4, -0.2) is 18.4 Å². The number of hydrogen-bond donors (Lipinski definition) is 0. The predicted molar refractivity (Wildman–Crippen MR) is 59.4 cm³/mol. The second-order valence-corrected chi connectivity index (χ2v) is 4.03. The highest BCUT2D eigenvalue weighted by Crippen LogP contribution is 2.30. The molecule has 15 heavy (non-hydrogen) atoms. The first-order valence-electron chi connectivity index (χ1n) is 4.75. The summed E-state index contributed by atoms with van der Waals surface area (Å²) in [6.45, 7) is 3.96. The Morgan fingerprint density at radius 2 is 2.13 bits per heavy atom. The van der Waals surface area contributed by atoms with Crippen LogP contribution in [-0.2, 0) is 4.79 Å². The first-order valence-corrected chi connectivity index (χ1v) is 5.13. The minimum atomic E-state index is -0.204. The number of pyridine rings is 1. The van der Waals surface area contributed by atoms with E-state index in [4.69, 9.17) is 16.3 Å². The van der Waals surface area contributed by atoms with Gasteiger partial charge in [0, 0.05) is 11.5 Å². The summed E-state index contributed by atoms with van der Waals surface area (Å²) in [6.07, 6.45) is 0.915. The Morgan fingerprint density at radius 1 is 1.47 bits per heavy atom. The fraction of sp³-hybridized carbons (Fsp3) is 0.455. The number of methoxy groups -OCH3 is 1. The van der Waals surface area contributed by atoms with Crippen molar-refractivity contribution in [1.82, 2.24) is 4.98 Å². The molecule has 4 heteroatoms. The lowest BCUT2D eigenvalue weighted by atomic mass is 9.90. The van der Waals surface area contributed by atoms with Gasteiger partial charge in [-0.15, -0.1) is 0 Å². The summed E-state index contributed by atoms with van der Waals surface area (Å²) >= 11 is 5.74. The molecule has 1 heterocycles. The average Bonchev–Trinajstić information content (AvgIpc) is 2.20. The van der Waals surface area contributed by atoms with Crippen molar-refractivity contribution in [2.24, 2.45) is 5.92 Å². The molecule has 0 aliphatic rings. The molecule has 0 N–H and O–H groups in total. The van der Waals surface area contributed by atoms with Crippen LogP contribution in [0.4, 0.5) is 0 Å². The molecule has 0 radical (unpaired) electrons. The third-order valence-corrected chi connectivity index (χ3v) is 2.48. The molecule has 0 amide bonds. The quantitative estimate of drug-likeness (QED) is 0.587. The first-order chi connectivity index (χ1) is 7.10. The Kier molecular flexibility index (Phi) is 4.09. The number of rotatable bonds is 4. The lowest BCUT2D eigenvalue weighted by Crippen LogP contribution is -2.10. The number of nitrogens with zero attached hydrogens (tertiary/aromatic N) is 1. The molecule has 1 aromatic rings. The van der Waals surface area contributed by atoms with Gasteiger partial charge in [0.1, 0.15) is 11.4 Å². The van der Waals surface area contributed by atoms with Gasteiger partial charge in [-0.05, 0) is 18.1 Å². The van der Waals surface area contributed by atoms with Gasteiger partial charge in [0.15, 0.2) is 0 Å². The van der Waals surface area contributed by atoms with Crippen LogP contribution in [0.3, 0.4) is 0 Å². The summed E-state index contributed by atoms with van der Waals surface area (Å²) in [4.78, 5) is 15.0. The highest BCUT2D eigenvalue weighted by Gasteiger charge is 2.20. The van der Waals surface area contributed by atoms with E-state index in [0.717, 1.165) is 11.8 Å². The van der Waals surface area contributed by atoms with E-state index in [2.05, 4.69) is 4.98 Å². The zero-order chi connectivity index (χ0) is 11.4. The minimum absolute atomic E-state index is 0.204. The monoisotopic (exact) mass is 227 g/mol. The van der Waals surface area contributed by atoms with Gasteiger partial charge >= 0.3 is 0 Å². The fourth-order valence-electron chi connectivity index (χ4n) is 1.44. The van der Waals surface area contributed by atoms with Gasteiger partial charge in [-0.3, -0.25) is 0 Å². The molecule has 1 unspecified atom stereocenters. The molecule has 3 nitrogen and oxygen atoms in total. The number of hydrogen-bond acceptors (Lipinski definition) is 3. The van der Waals surface area contributed by atoms with E-state index in [1.54, 1.807) is 12.1 Å². The summed E-state index contributed by atoms with van der Waals surface area (Å²) in [5.41, 5.74) is 0.784. The number of halogens is 1. The van der Waals surface area contributed by atoms with Crippen molar-refractivity contribution in [3.63, 3.8) is 0 Å². The van der Waals surface area contributed by atoms with Gasteiger partial charge in [-0.2, -0.15) is 0 Å². The third-order valence-electron chi connectivity index (χ3n) is 2.27. The molecule has 82 valence electrons. The maximum Gasteiger partial charge on any atom is 0.218 e. The van der Waals surface area contributed by atoms with Crippen LogP contribution < -0.4 is 4.74 Å². The minimum Gasteiger partial charge on any atom is -0.481 e. The van der Waals surface area contributed by atoms with Gasteiger partial charge in [-0.25, -0.2) is 4.98 Å². The Labute approximate surface area is 94.4 Å². The van der Waals surface area contributed by atoms with Crippen LogP contribution in [0, 0.1) is 5.92 Å². The fourth-order valence-corrected chi connectivity index (χ4v) is 1.58. The van der Waals surface area contributed by atoms with Gasteiger partial charge in [0.2, 0.25) is 5.88 Å². The molecule has 0 aliphatic heterocycles. The van der Waals surface area contributed by atoms with E-state index in [0.29, 0.717) is 11.0 Å². The molecule has 1 rings (SSSR count). The van der Waals surface area contributed by atoms with Crippen LogP contribution in [0.25, 0.3) is 0 Å². The number of carbonyl (C=O) groups excluding carboxylic acids is 1. The Morgan fingerprint density at radius 3 is 2.60 bits per heavy atom. The molecule has 0 aliphatic carbocycles. The third kappa shape index (κ3) is 2.69. The van der Waals surface area contributed by atoms with Crippen molar-refractivity contribution >= 4 is 17.9 Å². The first kappa shape index (κ1) is 12.0. The van der Waals surface area contributed by atoms with Gasteiger partial charge in [0.25, 0.3) is 0 Å². The van der Waals surface area contributed by atoms with E-state index < -0.39 is 0 Å². The largest absolute Gasteiger partial charge is 0.481 e. The topological polar surface area (TPSA) is 39.2 Å². The SMILES string of the molecule is COc1nc(Cl)ccc1C(C=O)C(C)C. The maximum atomic E-state index is 11.0. The Bertz CT molecular complexity index is 352. The van der Waals surface area contributed by atoms with Crippen molar-refractivity contribution in [3.05, 3.63) is 22.8 Å². The van der Waals surface area contributed by atoms with Crippen LogP contribution >= 0.6 is 11.6 Å². The van der Waals surface area contributed by atoms with Crippen LogP contribution in [0.2, 0.25) is 5.15 Å². The van der Waals surface area contributed by atoms with Crippen molar-refractivity contribution < 1.29 is 9.53 Å². The zero-order valence-corrected chi connectivity index (χ0v) is 9.78. The average molecular weight is 228 g/mol. The van der Waals surface area contributed by atoms with E-state index >= 15 is 0 Å². The predicted octanol–water partition coefficient (Wildman–Crippen LogP) is 2.68. The summed E-state index contributed by atoms with van der Waals surface area (Å²) in [6, 6.07) is 3.45. The van der Waals surface area contributed by atoms with E-state index in [-0.39, 0.29) is 11.8 Å². The lowest BCUT2D eigenvalue weighted by Gasteiger charge is -2.16. The lowest BCUT2D eigenvalue weighted by molar-refractivity contribution is -0.109. The number of aldehydes is 1. The molecular weight excluding hydrogens is 214 g/mol. The molecule has 0 saturated heterocycles. The second kappa shape index (κ2) is 5.12. The molecular formula is C11H14ClNO2. The molecule has 0 saturated carbocycles. The highest BCUT2D eigenvalue weighted by molar-refractivity contribution is 6.29. The molecule has 1 atom stereocenters. The van der Waals surface area contributed by atoms with E-state index in [9.17, 15) is 4.79 Å². The van der Waals surface area contributed by atoms with Crippen LogP contribution in [0.1, 0.15) is 25.3 Å². The zero-order valence-electron chi connectivity index (χ0n) is 9.03. The number of aromatic nitrogens is 1. The van der Waals surface area contributed by atoms with Gasteiger partial charge < -0.3 is 9.53 Å². The van der Waals surface area contributed by atoms with Crippen LogP contribution in [0.5, 0.6) is 5.88 Å². The maximum absolute atomic E-state index is 11.0. The van der Waals surface area contributed by atoms with Gasteiger partial charge in [-0.1, -0.05) is 25.4 Å². The van der Waals surface area contributed by atoms with Crippen LogP contribution in [0.15, 0.2) is 12.1 Å². The van der Waals surface area contributed by atoms with E-state index in [1.807, 2.05) is 13.8 Å². The second-order valence-electron chi connectivity index (χ2n) is 3.64. The van der Waals surface area contributed by atoms with Gasteiger partial charge in [0.05, 0.1) is 7.11 Å². The van der Waals surface area contributed by atoms with E-state index in [1.165, 1.54) is 7.11 Å². The molecule has 0 aromatic carbocycles. The molecule has 1 aromatic heterocycles. The highest BCUT2D eigenvalue weighted by atomic mass is 35.5. The summed E-state index contributed by atoms with van der Waals surface area (Å²) < 4.78 is 5.10. The summed E-state index contributed by atoms with van der Waals surface area (Å²) in [5, 5.41) is 0.365. The van der Waals surface area contributed by atoms with Crippen molar-refractivity contribution in [2.45, 2.75) is 19.8 Å². The Hall–Kier alpha value is -1.09. The number of ether oxygens (including phenoxy) is 1. The molecule has 0 fully saturated rings. The summed E-state index contributed by atoms with van der Waals surface area (Å²) in [7, 11) is 1.52. The van der Waals surface area contributed by atoms with Crippen molar-refractivity contribution in [2.75, 3.05) is 7.11 Å². The standard InChI is InChI=1S/C11H14ClNO2/c1-7(2)9(6-14)8-4-5-10(12)13-11(8)15-3/h4-7,9H,1-3H3. The molecule has 0 spiro atoms. The molecule has 0 bridgehead atoms. The smallest absolute Gasteiger partial charge is 0.218 e. The summed E-state index contributed by atoms with van der Waals surface area (Å²) in [5.74, 6) is 0.428.